The molecule has 0 aromatic rings. The summed E-state index contributed by atoms with van der Waals surface area (Å²) in [5.74, 6) is 0.137. The second-order valence-corrected chi connectivity index (χ2v) is 6.00. The fraction of sp³-hybridized carbons (Fsp3) is 0.923. The fourth-order valence-corrected chi connectivity index (χ4v) is 2.82. The van der Waals surface area contributed by atoms with Crippen molar-refractivity contribution >= 4 is 5.91 Å². The van der Waals surface area contributed by atoms with E-state index in [1.165, 1.54) is 0 Å². The Morgan fingerprint density at radius 2 is 2.00 bits per heavy atom. The van der Waals surface area contributed by atoms with E-state index in [-0.39, 0.29) is 24.1 Å². The molecule has 4 nitrogen and oxygen atoms in total. The first-order valence-corrected chi connectivity index (χ1v) is 6.43. The van der Waals surface area contributed by atoms with E-state index >= 15 is 0 Å². The number of carbonyl (C=O) groups excluding carboxylic acids is 1. The minimum Gasteiger partial charge on any atom is -0.396 e. The van der Waals surface area contributed by atoms with Crippen LogP contribution in [-0.4, -0.2) is 58.6 Å². The summed E-state index contributed by atoms with van der Waals surface area (Å²) in [6.45, 7) is 9.42. The number of hydrogen-bond acceptors (Lipinski definition) is 3. The zero-order valence-electron chi connectivity index (χ0n) is 11.7. The molecule has 0 radical (unpaired) electrons. The summed E-state index contributed by atoms with van der Waals surface area (Å²) >= 11 is 0. The molecule has 0 spiro atoms. The van der Waals surface area contributed by atoms with E-state index in [1.807, 2.05) is 7.05 Å². The van der Waals surface area contributed by atoms with Crippen LogP contribution in [0.5, 0.6) is 0 Å². The molecule has 100 valence electrons. The molecule has 2 unspecified atom stereocenters. The molecule has 1 amide bonds. The van der Waals surface area contributed by atoms with E-state index in [9.17, 15) is 9.90 Å². The van der Waals surface area contributed by atoms with Crippen molar-refractivity contribution < 1.29 is 9.90 Å². The van der Waals surface area contributed by atoms with Crippen LogP contribution in [-0.2, 0) is 4.79 Å². The topological polar surface area (TPSA) is 43.8 Å². The van der Waals surface area contributed by atoms with Gasteiger partial charge in [0.1, 0.15) is 0 Å². The van der Waals surface area contributed by atoms with E-state index < -0.39 is 0 Å². The maximum absolute atomic E-state index is 12.3. The first kappa shape index (κ1) is 14.5. The molecule has 4 heteroatoms. The smallest absolute Gasteiger partial charge is 0.239 e. The van der Waals surface area contributed by atoms with Crippen LogP contribution in [0.25, 0.3) is 0 Å². The summed E-state index contributed by atoms with van der Waals surface area (Å²) in [5, 5.41) is 9.19. The largest absolute Gasteiger partial charge is 0.396 e. The standard InChI is InChI=1S/C13H26N2O2/c1-10-6-8-14(5)12(17)11(7-9-16)15(10)13(2,3)4/h10-11,16H,6-9H2,1-5H3. The van der Waals surface area contributed by atoms with Gasteiger partial charge in [0, 0.05) is 31.8 Å². The highest BCUT2D eigenvalue weighted by atomic mass is 16.3. The molecule has 0 aliphatic carbocycles. The third kappa shape index (κ3) is 3.19. The van der Waals surface area contributed by atoms with Gasteiger partial charge < -0.3 is 10.0 Å². The fourth-order valence-electron chi connectivity index (χ4n) is 2.82. The van der Waals surface area contributed by atoms with Crippen LogP contribution in [0.4, 0.5) is 0 Å². The Balaban J connectivity index is 3.04. The molecular formula is C13H26N2O2. The van der Waals surface area contributed by atoms with Gasteiger partial charge in [-0.3, -0.25) is 9.69 Å². The lowest BCUT2D eigenvalue weighted by Gasteiger charge is -2.43. The minimum atomic E-state index is -0.192. The molecule has 1 fully saturated rings. The molecule has 1 heterocycles. The van der Waals surface area contributed by atoms with Gasteiger partial charge in [0.05, 0.1) is 6.04 Å². The summed E-state index contributed by atoms with van der Waals surface area (Å²) < 4.78 is 0. The number of aliphatic hydroxyl groups excluding tert-OH is 1. The molecule has 1 N–H and O–H groups in total. The maximum atomic E-state index is 12.3. The first-order chi connectivity index (χ1) is 7.79. The molecule has 1 saturated heterocycles. The van der Waals surface area contributed by atoms with Crippen molar-refractivity contribution in [2.45, 2.75) is 58.2 Å². The van der Waals surface area contributed by atoms with Gasteiger partial charge in [-0.25, -0.2) is 0 Å². The lowest BCUT2D eigenvalue weighted by atomic mass is 9.97. The van der Waals surface area contributed by atoms with Gasteiger partial charge in [-0.2, -0.15) is 0 Å². The highest BCUT2D eigenvalue weighted by Gasteiger charge is 2.39. The second-order valence-electron chi connectivity index (χ2n) is 6.00. The molecule has 0 aromatic heterocycles. The van der Waals surface area contributed by atoms with Gasteiger partial charge in [0.2, 0.25) is 5.91 Å². The van der Waals surface area contributed by atoms with Gasteiger partial charge >= 0.3 is 0 Å². The minimum absolute atomic E-state index is 0.0555. The average molecular weight is 242 g/mol. The number of aliphatic hydroxyl groups is 1. The lowest BCUT2D eigenvalue weighted by molar-refractivity contribution is -0.137. The van der Waals surface area contributed by atoms with Crippen molar-refractivity contribution in [3.8, 4) is 0 Å². The summed E-state index contributed by atoms with van der Waals surface area (Å²) in [6, 6.07) is 0.169. The molecule has 0 saturated carbocycles. The Bertz CT molecular complexity index is 273. The average Bonchev–Trinajstić information content (AvgIpc) is 2.30. The number of carbonyl (C=O) groups is 1. The molecule has 1 rings (SSSR count). The highest BCUT2D eigenvalue weighted by molar-refractivity contribution is 5.82. The molecule has 17 heavy (non-hydrogen) atoms. The van der Waals surface area contributed by atoms with Crippen LogP contribution in [0.1, 0.15) is 40.5 Å². The monoisotopic (exact) mass is 242 g/mol. The Morgan fingerprint density at radius 3 is 2.47 bits per heavy atom. The normalized spacial score (nSPS) is 28.4. The number of amides is 1. The SMILES string of the molecule is CC1CCN(C)C(=O)C(CCO)N1C(C)(C)C. The Kier molecular flexibility index (Phi) is 4.55. The van der Waals surface area contributed by atoms with Gasteiger partial charge in [-0.15, -0.1) is 0 Å². The van der Waals surface area contributed by atoms with Crippen molar-refractivity contribution in [1.82, 2.24) is 9.80 Å². The maximum Gasteiger partial charge on any atom is 0.239 e. The second kappa shape index (κ2) is 5.36. The van der Waals surface area contributed by atoms with E-state index in [0.717, 1.165) is 13.0 Å². The molecule has 0 bridgehead atoms. The molecule has 2 atom stereocenters. The number of rotatable bonds is 2. The van der Waals surface area contributed by atoms with Crippen LogP contribution in [0.2, 0.25) is 0 Å². The molecular weight excluding hydrogens is 216 g/mol. The van der Waals surface area contributed by atoms with Crippen LogP contribution < -0.4 is 0 Å². The van der Waals surface area contributed by atoms with Crippen LogP contribution >= 0.6 is 0 Å². The zero-order chi connectivity index (χ0) is 13.2. The van der Waals surface area contributed by atoms with Gasteiger partial charge in [0.25, 0.3) is 0 Å². The van der Waals surface area contributed by atoms with Crippen molar-refractivity contribution in [3.63, 3.8) is 0 Å². The van der Waals surface area contributed by atoms with E-state index in [1.54, 1.807) is 4.90 Å². The zero-order valence-corrected chi connectivity index (χ0v) is 11.7. The van der Waals surface area contributed by atoms with E-state index in [4.69, 9.17) is 0 Å². The van der Waals surface area contributed by atoms with E-state index in [2.05, 4.69) is 32.6 Å². The lowest BCUT2D eigenvalue weighted by Crippen LogP contribution is -2.56. The van der Waals surface area contributed by atoms with Crippen LogP contribution in [0, 0.1) is 0 Å². The van der Waals surface area contributed by atoms with Crippen molar-refractivity contribution in [1.29, 1.82) is 0 Å². The number of likely N-dealkylation sites (N-methyl/N-ethyl adjacent to an activating group) is 1. The Labute approximate surface area is 105 Å². The van der Waals surface area contributed by atoms with Crippen molar-refractivity contribution in [2.24, 2.45) is 0 Å². The first-order valence-electron chi connectivity index (χ1n) is 6.43. The third-order valence-electron chi connectivity index (χ3n) is 3.53. The van der Waals surface area contributed by atoms with Crippen molar-refractivity contribution in [2.75, 3.05) is 20.2 Å². The van der Waals surface area contributed by atoms with Crippen LogP contribution in [0.15, 0.2) is 0 Å². The molecule has 1 aliphatic rings. The quantitative estimate of drug-likeness (QED) is 0.788. The summed E-state index contributed by atoms with van der Waals surface area (Å²) in [4.78, 5) is 16.4. The number of hydrogen-bond donors (Lipinski definition) is 1. The van der Waals surface area contributed by atoms with Crippen molar-refractivity contribution in [3.05, 3.63) is 0 Å². The predicted octanol–water partition coefficient (Wildman–Crippen LogP) is 1.09. The van der Waals surface area contributed by atoms with Gasteiger partial charge in [-0.05, 0) is 40.5 Å². The summed E-state index contributed by atoms with van der Waals surface area (Å²) in [5.41, 5.74) is -0.0555. The Hall–Kier alpha value is -0.610. The van der Waals surface area contributed by atoms with E-state index in [0.29, 0.717) is 12.5 Å². The third-order valence-corrected chi connectivity index (χ3v) is 3.53. The Morgan fingerprint density at radius 1 is 1.41 bits per heavy atom. The molecule has 1 aliphatic heterocycles. The predicted molar refractivity (Wildman–Crippen MR) is 68.8 cm³/mol. The van der Waals surface area contributed by atoms with Crippen LogP contribution in [0.3, 0.4) is 0 Å². The molecule has 0 aromatic carbocycles. The summed E-state index contributed by atoms with van der Waals surface area (Å²) in [6.07, 6.45) is 1.51. The van der Waals surface area contributed by atoms with Gasteiger partial charge in [-0.1, -0.05) is 0 Å². The van der Waals surface area contributed by atoms with Gasteiger partial charge in [0.15, 0.2) is 0 Å². The highest BCUT2D eigenvalue weighted by Crippen LogP contribution is 2.27. The summed E-state index contributed by atoms with van der Waals surface area (Å²) in [7, 11) is 1.85. The number of nitrogens with zero attached hydrogens (tertiary/aromatic N) is 2.